The molecule has 4 atom stereocenters. The van der Waals surface area contributed by atoms with Gasteiger partial charge in [0.05, 0.1) is 13.2 Å². The number of ether oxygens (including phenoxy) is 4. The van der Waals surface area contributed by atoms with E-state index in [1.54, 1.807) is 0 Å². The Hall–Kier alpha value is -1.96. The molecule has 4 unspecified atom stereocenters. The van der Waals surface area contributed by atoms with E-state index in [0.717, 1.165) is 35.3 Å². The summed E-state index contributed by atoms with van der Waals surface area (Å²) in [7, 11) is 5.63. The average Bonchev–Trinajstić information content (AvgIpc) is 3.78. The van der Waals surface area contributed by atoms with Crippen molar-refractivity contribution in [3.05, 3.63) is 82.9 Å². The Kier molecular flexibility index (Phi) is 7.18. The zero-order chi connectivity index (χ0) is 25.5. The summed E-state index contributed by atoms with van der Waals surface area (Å²) in [5, 5.41) is 2.15. The van der Waals surface area contributed by atoms with E-state index in [1.165, 1.54) is 22.3 Å². The smallest absolute Gasteiger partial charge is 0.126 e. The molecule has 0 radical (unpaired) electrons. The second-order valence-electron chi connectivity index (χ2n) is 10.9. The molecule has 5 rings (SSSR count). The monoisotopic (exact) mass is 522 g/mol. The van der Waals surface area contributed by atoms with Gasteiger partial charge in [-0.2, -0.15) is 0 Å². The molecule has 0 amide bonds. The molecule has 2 saturated heterocycles. The predicted molar refractivity (Wildman–Crippen MR) is 153 cm³/mol. The Balaban J connectivity index is 1.32. The van der Waals surface area contributed by atoms with Crippen molar-refractivity contribution in [2.45, 2.75) is 50.7 Å². The minimum absolute atomic E-state index is 0.135. The summed E-state index contributed by atoms with van der Waals surface area (Å²) < 4.78 is 22.3. The molecule has 0 spiro atoms. The number of hydrogen-bond donors (Lipinski definition) is 0. The highest BCUT2D eigenvalue weighted by molar-refractivity contribution is 7.28. The number of epoxide rings is 2. The fraction of sp³-hybridized carbons (Fsp3) is 0.400. The third-order valence-electron chi connectivity index (χ3n) is 7.45. The molecule has 2 fully saturated rings. The van der Waals surface area contributed by atoms with Crippen LogP contribution in [0.15, 0.2) is 60.7 Å². The van der Waals surface area contributed by atoms with E-state index in [9.17, 15) is 0 Å². The third-order valence-corrected chi connectivity index (χ3v) is 8.35. The van der Waals surface area contributed by atoms with Crippen molar-refractivity contribution in [2.24, 2.45) is 0 Å². The first-order valence-corrected chi connectivity index (χ1v) is 13.7. The van der Waals surface area contributed by atoms with Crippen LogP contribution in [0.2, 0.25) is 0 Å². The molecule has 6 heteroatoms. The van der Waals surface area contributed by atoms with Crippen molar-refractivity contribution in [2.75, 3.05) is 26.4 Å². The van der Waals surface area contributed by atoms with Gasteiger partial charge in [0.1, 0.15) is 36.9 Å². The molecule has 2 heterocycles. The van der Waals surface area contributed by atoms with Crippen LogP contribution in [0, 0.1) is 0 Å². The minimum Gasteiger partial charge on any atom is -0.490 e. The van der Waals surface area contributed by atoms with Crippen molar-refractivity contribution in [3.63, 3.8) is 0 Å². The summed E-state index contributed by atoms with van der Waals surface area (Å²) in [4.78, 5) is 0. The summed E-state index contributed by atoms with van der Waals surface area (Å²) in [6.07, 6.45) is 0.509. The number of hydrogen-bond acceptors (Lipinski definition) is 4. The Morgan fingerprint density at radius 3 is 1.28 bits per heavy atom. The van der Waals surface area contributed by atoms with Crippen LogP contribution in [-0.2, 0) is 20.3 Å². The lowest BCUT2D eigenvalue weighted by atomic mass is 9.74. The van der Waals surface area contributed by atoms with Gasteiger partial charge >= 0.3 is 0 Å². The lowest BCUT2D eigenvalue weighted by Gasteiger charge is -2.30. The molecule has 0 bridgehead atoms. The van der Waals surface area contributed by atoms with E-state index < -0.39 is 0 Å². The molecular weight excluding hydrogens is 486 g/mol. The van der Waals surface area contributed by atoms with Crippen molar-refractivity contribution in [3.8, 4) is 11.5 Å². The highest BCUT2D eigenvalue weighted by Gasteiger charge is 2.28. The van der Waals surface area contributed by atoms with Crippen LogP contribution in [-0.4, -0.2) is 38.6 Å². The lowest BCUT2D eigenvalue weighted by Crippen LogP contribution is -2.23. The Morgan fingerprint density at radius 2 is 0.972 bits per heavy atom. The number of rotatable bonds is 10. The van der Waals surface area contributed by atoms with Crippen molar-refractivity contribution in [1.82, 2.24) is 0 Å². The van der Waals surface area contributed by atoms with E-state index in [2.05, 4.69) is 107 Å². The van der Waals surface area contributed by atoms with Gasteiger partial charge < -0.3 is 18.9 Å². The maximum Gasteiger partial charge on any atom is 0.126 e. The quantitative estimate of drug-likeness (QED) is 0.281. The highest BCUT2D eigenvalue weighted by Crippen LogP contribution is 2.36. The SMILES string of the molecule is CC(C)(c1ccc(C(C)(C)c2ccc(OCC3CO3)c(P)c2)cc1)c1ccc(OCC2CO2)c(P)c1. The van der Waals surface area contributed by atoms with E-state index in [0.29, 0.717) is 13.2 Å². The predicted octanol–water partition coefficient (Wildman–Crippen LogP) is 4.89. The second-order valence-corrected chi connectivity index (χ2v) is 12.1. The van der Waals surface area contributed by atoms with Gasteiger partial charge in [-0.15, -0.1) is 18.5 Å². The fourth-order valence-electron chi connectivity index (χ4n) is 4.47. The van der Waals surface area contributed by atoms with E-state index in [-0.39, 0.29) is 23.0 Å². The molecule has 4 nitrogen and oxygen atoms in total. The maximum absolute atomic E-state index is 5.91. The maximum atomic E-state index is 5.91. The van der Waals surface area contributed by atoms with Gasteiger partial charge in [0.25, 0.3) is 0 Å². The van der Waals surface area contributed by atoms with E-state index in [1.807, 2.05) is 0 Å². The van der Waals surface area contributed by atoms with E-state index >= 15 is 0 Å². The van der Waals surface area contributed by atoms with Gasteiger partial charge in [0.2, 0.25) is 0 Å². The molecule has 0 N–H and O–H groups in total. The number of benzene rings is 3. The lowest BCUT2D eigenvalue weighted by molar-refractivity contribution is 0.264. The van der Waals surface area contributed by atoms with Crippen molar-refractivity contribution in [1.29, 1.82) is 0 Å². The molecule has 3 aromatic carbocycles. The standard InChI is InChI=1S/C30H36O4P2/c1-29(2,21-9-11-25(27(35)13-21)33-17-23-15-31-23)19-5-7-20(8-6-19)30(3,4)22-10-12-26(28(36)14-22)34-18-24-16-32-24/h5-14,23-24H,15-18,35-36H2,1-4H3. The molecule has 2 aliphatic rings. The van der Waals surface area contributed by atoms with Crippen molar-refractivity contribution >= 4 is 29.1 Å². The Bertz CT molecular complexity index is 1130. The summed E-state index contributed by atoms with van der Waals surface area (Å²) >= 11 is 0. The minimum atomic E-state index is -0.135. The van der Waals surface area contributed by atoms with Gasteiger partial charge in [-0.3, -0.25) is 0 Å². The molecule has 0 saturated carbocycles. The topological polar surface area (TPSA) is 43.5 Å². The van der Waals surface area contributed by atoms with E-state index in [4.69, 9.17) is 18.9 Å². The molecule has 0 aromatic heterocycles. The van der Waals surface area contributed by atoms with Crippen molar-refractivity contribution < 1.29 is 18.9 Å². The Morgan fingerprint density at radius 1 is 0.639 bits per heavy atom. The first-order valence-electron chi connectivity index (χ1n) is 12.5. The first kappa shape index (κ1) is 25.7. The fourth-order valence-corrected chi connectivity index (χ4v) is 5.19. The van der Waals surface area contributed by atoms with Gasteiger partial charge in [-0.1, -0.05) is 64.1 Å². The van der Waals surface area contributed by atoms with Gasteiger partial charge in [-0.25, -0.2) is 0 Å². The highest BCUT2D eigenvalue weighted by atomic mass is 31.0. The summed E-state index contributed by atoms with van der Waals surface area (Å²) in [6.45, 7) is 11.9. The zero-order valence-electron chi connectivity index (χ0n) is 21.5. The molecule has 0 aliphatic carbocycles. The van der Waals surface area contributed by atoms with Crippen LogP contribution < -0.4 is 20.1 Å². The average molecular weight is 523 g/mol. The first-order chi connectivity index (χ1) is 17.1. The van der Waals surface area contributed by atoms with Crippen LogP contribution >= 0.6 is 18.5 Å². The summed E-state index contributed by atoms with van der Waals surface area (Å²) in [5.74, 6) is 1.80. The van der Waals surface area contributed by atoms with Crippen LogP contribution in [0.4, 0.5) is 0 Å². The molecule has 3 aromatic rings. The van der Waals surface area contributed by atoms with Gasteiger partial charge in [0, 0.05) is 21.4 Å². The second kappa shape index (κ2) is 10.1. The van der Waals surface area contributed by atoms with Crippen LogP contribution in [0.25, 0.3) is 0 Å². The van der Waals surface area contributed by atoms with Crippen LogP contribution in [0.5, 0.6) is 11.5 Å². The van der Waals surface area contributed by atoms with Gasteiger partial charge in [0.15, 0.2) is 0 Å². The van der Waals surface area contributed by atoms with Crippen LogP contribution in [0.1, 0.15) is 49.9 Å². The van der Waals surface area contributed by atoms with Crippen LogP contribution in [0.3, 0.4) is 0 Å². The zero-order valence-corrected chi connectivity index (χ0v) is 23.9. The largest absolute Gasteiger partial charge is 0.490 e. The molecular formula is C30H36O4P2. The molecule has 190 valence electrons. The molecule has 2 aliphatic heterocycles. The third kappa shape index (κ3) is 5.63. The van der Waals surface area contributed by atoms with Gasteiger partial charge in [-0.05, 0) is 46.5 Å². The Labute approximate surface area is 219 Å². The molecule has 36 heavy (non-hydrogen) atoms. The summed E-state index contributed by atoms with van der Waals surface area (Å²) in [6, 6.07) is 22.0. The normalized spacial score (nSPS) is 19.2. The summed E-state index contributed by atoms with van der Waals surface area (Å²) in [5.41, 5.74) is 4.81.